The summed E-state index contributed by atoms with van der Waals surface area (Å²) in [5.74, 6) is -0.162. The smallest absolute Gasteiger partial charge is 0.264 e. The molecule has 0 bridgehead atoms. The number of hydrogen-bond donors (Lipinski definition) is 1. The summed E-state index contributed by atoms with van der Waals surface area (Å²) in [4.78, 5) is 12.3. The Hall–Kier alpha value is -2.34. The zero-order valence-corrected chi connectivity index (χ0v) is 15.8. The molecule has 2 aromatic rings. The third-order valence-electron chi connectivity index (χ3n) is 4.16. The van der Waals surface area contributed by atoms with E-state index in [4.69, 9.17) is 0 Å². The highest BCUT2D eigenvalue weighted by Crippen LogP contribution is 2.22. The standard InChI is InChI=1S/C19H24N2O3S/c1-5-15(3)20-19(22)16-8-10-17(11-9-16)21(4)25(23,24)18-12-6-14(2)7-13-18/h6-13,15H,5H2,1-4H3,(H,20,22). The molecule has 1 atom stereocenters. The van der Waals surface area contributed by atoms with Gasteiger partial charge in [-0.1, -0.05) is 24.6 Å². The Kier molecular flexibility index (Phi) is 5.85. The van der Waals surface area contributed by atoms with Crippen LogP contribution in [-0.4, -0.2) is 27.4 Å². The second kappa shape index (κ2) is 7.70. The minimum Gasteiger partial charge on any atom is -0.350 e. The van der Waals surface area contributed by atoms with E-state index in [1.54, 1.807) is 48.5 Å². The van der Waals surface area contributed by atoms with Crippen molar-refractivity contribution in [3.8, 4) is 0 Å². The largest absolute Gasteiger partial charge is 0.350 e. The van der Waals surface area contributed by atoms with Crippen LogP contribution in [0.1, 0.15) is 36.2 Å². The minimum absolute atomic E-state index is 0.0942. The lowest BCUT2D eigenvalue weighted by Gasteiger charge is -2.20. The Balaban J connectivity index is 2.21. The summed E-state index contributed by atoms with van der Waals surface area (Å²) in [7, 11) is -2.13. The predicted octanol–water partition coefficient (Wildman–Crippen LogP) is 3.35. The van der Waals surface area contributed by atoms with E-state index in [0.29, 0.717) is 11.3 Å². The van der Waals surface area contributed by atoms with Gasteiger partial charge in [-0.3, -0.25) is 9.10 Å². The second-order valence-electron chi connectivity index (χ2n) is 6.12. The third kappa shape index (κ3) is 4.39. The summed E-state index contributed by atoms with van der Waals surface area (Å²) >= 11 is 0. The lowest BCUT2D eigenvalue weighted by atomic mass is 10.1. The van der Waals surface area contributed by atoms with Gasteiger partial charge < -0.3 is 5.32 Å². The van der Waals surface area contributed by atoms with Crippen LogP contribution in [0.15, 0.2) is 53.4 Å². The number of hydrogen-bond acceptors (Lipinski definition) is 3. The lowest BCUT2D eigenvalue weighted by molar-refractivity contribution is 0.0939. The molecule has 0 aliphatic rings. The highest BCUT2D eigenvalue weighted by molar-refractivity contribution is 7.92. The van der Waals surface area contributed by atoms with Crippen molar-refractivity contribution in [2.75, 3.05) is 11.4 Å². The SMILES string of the molecule is CCC(C)NC(=O)c1ccc(N(C)S(=O)(=O)c2ccc(C)cc2)cc1. The molecule has 0 heterocycles. The first-order valence-corrected chi connectivity index (χ1v) is 9.66. The molecule has 0 radical (unpaired) electrons. The lowest BCUT2D eigenvalue weighted by Crippen LogP contribution is -2.32. The summed E-state index contributed by atoms with van der Waals surface area (Å²) in [5.41, 5.74) is 2.00. The average Bonchev–Trinajstić information content (AvgIpc) is 2.61. The molecule has 1 unspecified atom stereocenters. The molecule has 0 saturated carbocycles. The molecule has 25 heavy (non-hydrogen) atoms. The fourth-order valence-corrected chi connectivity index (χ4v) is 3.43. The number of benzene rings is 2. The van der Waals surface area contributed by atoms with Crippen LogP contribution in [0.2, 0.25) is 0 Å². The van der Waals surface area contributed by atoms with Gasteiger partial charge in [0.25, 0.3) is 15.9 Å². The van der Waals surface area contributed by atoms with Crippen molar-refractivity contribution in [2.24, 2.45) is 0 Å². The van der Waals surface area contributed by atoms with E-state index in [1.807, 2.05) is 20.8 Å². The van der Waals surface area contributed by atoms with Crippen LogP contribution in [0, 0.1) is 6.92 Å². The molecule has 0 aliphatic carbocycles. The highest BCUT2D eigenvalue weighted by atomic mass is 32.2. The van der Waals surface area contributed by atoms with Gasteiger partial charge in [-0.05, 0) is 56.7 Å². The van der Waals surface area contributed by atoms with Crippen LogP contribution in [0.25, 0.3) is 0 Å². The molecular formula is C19H24N2O3S. The van der Waals surface area contributed by atoms with Crippen LogP contribution in [0.3, 0.4) is 0 Å². The Morgan fingerprint density at radius 1 is 1.08 bits per heavy atom. The van der Waals surface area contributed by atoms with Gasteiger partial charge in [0.2, 0.25) is 0 Å². The van der Waals surface area contributed by atoms with Crippen molar-refractivity contribution in [1.29, 1.82) is 0 Å². The van der Waals surface area contributed by atoms with Crippen molar-refractivity contribution in [3.63, 3.8) is 0 Å². The van der Waals surface area contributed by atoms with Crippen molar-refractivity contribution >= 4 is 21.6 Å². The number of nitrogens with zero attached hydrogens (tertiary/aromatic N) is 1. The third-order valence-corrected chi connectivity index (χ3v) is 5.96. The number of aryl methyl sites for hydroxylation is 1. The number of carbonyl (C=O) groups excluding carboxylic acids is 1. The molecule has 0 fully saturated rings. The first-order chi connectivity index (χ1) is 11.8. The first kappa shape index (κ1) is 19.0. The monoisotopic (exact) mass is 360 g/mol. The fraction of sp³-hybridized carbons (Fsp3) is 0.316. The van der Waals surface area contributed by atoms with E-state index in [-0.39, 0.29) is 16.8 Å². The van der Waals surface area contributed by atoms with Crippen molar-refractivity contribution in [3.05, 3.63) is 59.7 Å². The Labute approximate surface area is 149 Å². The van der Waals surface area contributed by atoms with E-state index in [2.05, 4.69) is 5.32 Å². The van der Waals surface area contributed by atoms with Gasteiger partial charge >= 0.3 is 0 Å². The maximum atomic E-state index is 12.7. The fourth-order valence-electron chi connectivity index (χ4n) is 2.24. The molecule has 2 aromatic carbocycles. The predicted molar refractivity (Wildman–Crippen MR) is 100 cm³/mol. The van der Waals surface area contributed by atoms with Crippen molar-refractivity contribution in [1.82, 2.24) is 5.32 Å². The topological polar surface area (TPSA) is 66.5 Å². The molecule has 6 heteroatoms. The van der Waals surface area contributed by atoms with E-state index in [1.165, 1.54) is 11.4 Å². The molecule has 2 rings (SSSR count). The number of nitrogens with one attached hydrogen (secondary N) is 1. The summed E-state index contributed by atoms with van der Waals surface area (Å²) < 4.78 is 26.6. The average molecular weight is 360 g/mol. The van der Waals surface area contributed by atoms with Crippen LogP contribution in [-0.2, 0) is 10.0 Å². The molecule has 5 nitrogen and oxygen atoms in total. The van der Waals surface area contributed by atoms with E-state index < -0.39 is 10.0 Å². The highest BCUT2D eigenvalue weighted by Gasteiger charge is 2.21. The van der Waals surface area contributed by atoms with Crippen LogP contribution < -0.4 is 9.62 Å². The van der Waals surface area contributed by atoms with E-state index in [0.717, 1.165) is 12.0 Å². The van der Waals surface area contributed by atoms with Gasteiger partial charge in [-0.2, -0.15) is 0 Å². The van der Waals surface area contributed by atoms with Crippen molar-refractivity contribution < 1.29 is 13.2 Å². The molecule has 0 spiro atoms. The Bertz CT molecular complexity index is 828. The molecule has 1 amide bonds. The second-order valence-corrected chi connectivity index (χ2v) is 8.08. The van der Waals surface area contributed by atoms with E-state index in [9.17, 15) is 13.2 Å². The number of carbonyl (C=O) groups is 1. The van der Waals surface area contributed by atoms with Crippen LogP contribution >= 0.6 is 0 Å². The molecular weight excluding hydrogens is 336 g/mol. The van der Waals surface area contributed by atoms with Gasteiger partial charge in [0.15, 0.2) is 0 Å². The van der Waals surface area contributed by atoms with Gasteiger partial charge in [-0.15, -0.1) is 0 Å². The van der Waals surface area contributed by atoms with Gasteiger partial charge in [0, 0.05) is 18.7 Å². The molecule has 0 aromatic heterocycles. The number of rotatable bonds is 6. The molecule has 1 N–H and O–H groups in total. The number of amides is 1. The molecule has 0 saturated heterocycles. The number of anilines is 1. The summed E-state index contributed by atoms with van der Waals surface area (Å²) in [5, 5.41) is 2.89. The summed E-state index contributed by atoms with van der Waals surface area (Å²) in [6, 6.07) is 13.4. The first-order valence-electron chi connectivity index (χ1n) is 8.22. The normalized spacial score (nSPS) is 12.5. The van der Waals surface area contributed by atoms with Crippen molar-refractivity contribution in [2.45, 2.75) is 38.1 Å². The number of sulfonamides is 1. The van der Waals surface area contributed by atoms with Crippen LogP contribution in [0.4, 0.5) is 5.69 Å². The molecule has 0 aliphatic heterocycles. The van der Waals surface area contributed by atoms with Gasteiger partial charge in [0.05, 0.1) is 10.6 Å². The zero-order valence-electron chi connectivity index (χ0n) is 15.0. The Morgan fingerprint density at radius 3 is 2.16 bits per heavy atom. The quantitative estimate of drug-likeness (QED) is 0.859. The maximum absolute atomic E-state index is 12.7. The maximum Gasteiger partial charge on any atom is 0.264 e. The minimum atomic E-state index is -3.63. The van der Waals surface area contributed by atoms with Gasteiger partial charge in [-0.25, -0.2) is 8.42 Å². The Morgan fingerprint density at radius 2 is 1.64 bits per heavy atom. The summed E-state index contributed by atoms with van der Waals surface area (Å²) in [6.07, 6.45) is 0.849. The molecule has 134 valence electrons. The van der Waals surface area contributed by atoms with Gasteiger partial charge in [0.1, 0.15) is 0 Å². The zero-order chi connectivity index (χ0) is 18.6. The summed E-state index contributed by atoms with van der Waals surface area (Å²) in [6.45, 7) is 5.84. The van der Waals surface area contributed by atoms with Crippen LogP contribution in [0.5, 0.6) is 0 Å². The van der Waals surface area contributed by atoms with E-state index >= 15 is 0 Å².